The molecule has 1 N–H and O–H groups in total. The predicted molar refractivity (Wildman–Crippen MR) is 88.5 cm³/mol. The lowest BCUT2D eigenvalue weighted by molar-refractivity contribution is -0.135. The third kappa shape index (κ3) is 4.44. The van der Waals surface area contributed by atoms with Gasteiger partial charge in [-0.1, -0.05) is 23.7 Å². The monoisotopic (exact) mass is 333 g/mol. The lowest BCUT2D eigenvalue weighted by Gasteiger charge is -2.15. The number of aromatic hydroxyl groups is 1. The van der Waals surface area contributed by atoms with E-state index in [1.807, 2.05) is 18.3 Å². The van der Waals surface area contributed by atoms with Crippen LogP contribution in [0.15, 0.2) is 42.7 Å². The van der Waals surface area contributed by atoms with Gasteiger partial charge in [-0.3, -0.25) is 4.98 Å². The van der Waals surface area contributed by atoms with Gasteiger partial charge in [-0.05, 0) is 48.6 Å². The molecule has 3 rings (SSSR count). The summed E-state index contributed by atoms with van der Waals surface area (Å²) in [5, 5.41) is 9.83. The summed E-state index contributed by atoms with van der Waals surface area (Å²) in [5.41, 5.74) is 2.20. The minimum Gasteiger partial charge on any atom is -0.506 e. The summed E-state index contributed by atoms with van der Waals surface area (Å²) in [6, 6.07) is 9.22. The van der Waals surface area contributed by atoms with E-state index >= 15 is 0 Å². The van der Waals surface area contributed by atoms with Crippen LogP contribution < -0.4 is 0 Å². The highest BCUT2D eigenvalue weighted by Gasteiger charge is 2.27. The smallest absolute Gasteiger partial charge is 0.158 e. The Balaban J connectivity index is 1.42. The Hall–Kier alpha value is -1.62. The molecule has 4 nitrogen and oxygen atoms in total. The van der Waals surface area contributed by atoms with Crippen molar-refractivity contribution in [2.75, 3.05) is 6.61 Å². The van der Waals surface area contributed by atoms with Crippen molar-refractivity contribution in [2.24, 2.45) is 0 Å². The molecular weight excluding hydrogens is 314 g/mol. The van der Waals surface area contributed by atoms with Crippen LogP contribution in [0.1, 0.15) is 36.5 Å². The van der Waals surface area contributed by atoms with Crippen molar-refractivity contribution in [1.29, 1.82) is 0 Å². The third-order valence-electron chi connectivity index (χ3n) is 3.96. The number of phenolic OH excluding ortho intramolecular Hbond substituents is 1. The molecule has 0 radical (unpaired) electrons. The van der Waals surface area contributed by atoms with Gasteiger partial charge < -0.3 is 14.6 Å². The van der Waals surface area contributed by atoms with Crippen LogP contribution in [-0.2, 0) is 15.9 Å². The summed E-state index contributed by atoms with van der Waals surface area (Å²) >= 11 is 5.95. The third-order valence-corrected chi connectivity index (χ3v) is 4.26. The molecule has 1 aliphatic rings. The minimum absolute atomic E-state index is 0.0172. The first kappa shape index (κ1) is 16.2. The molecule has 2 unspecified atom stereocenters. The summed E-state index contributed by atoms with van der Waals surface area (Å²) < 4.78 is 11.7. The number of nitrogens with zero attached hydrogens (tertiary/aromatic N) is 1. The highest BCUT2D eigenvalue weighted by molar-refractivity contribution is 6.32. The van der Waals surface area contributed by atoms with E-state index in [1.54, 1.807) is 18.3 Å². The maximum atomic E-state index is 9.47. The summed E-state index contributed by atoms with van der Waals surface area (Å²) in [4.78, 5) is 4.10. The zero-order chi connectivity index (χ0) is 16.1. The number of ether oxygens (including phenoxy) is 2. The van der Waals surface area contributed by atoms with Crippen molar-refractivity contribution in [3.05, 3.63) is 58.9 Å². The molecule has 1 saturated heterocycles. The average Bonchev–Trinajstić information content (AvgIpc) is 3.04. The number of aromatic nitrogens is 1. The van der Waals surface area contributed by atoms with Crippen molar-refractivity contribution < 1.29 is 14.6 Å². The molecule has 0 bridgehead atoms. The van der Waals surface area contributed by atoms with Gasteiger partial charge in [0.2, 0.25) is 0 Å². The van der Waals surface area contributed by atoms with Crippen molar-refractivity contribution in [2.45, 2.75) is 38.1 Å². The quantitative estimate of drug-likeness (QED) is 0.802. The Morgan fingerprint density at radius 2 is 2.22 bits per heavy atom. The normalized spacial score (nSPS) is 20.7. The van der Waals surface area contributed by atoms with Gasteiger partial charge >= 0.3 is 0 Å². The molecule has 122 valence electrons. The second-order valence-electron chi connectivity index (χ2n) is 5.68. The van der Waals surface area contributed by atoms with Gasteiger partial charge in [0.15, 0.2) is 6.29 Å². The maximum Gasteiger partial charge on any atom is 0.158 e. The second kappa shape index (κ2) is 7.77. The summed E-state index contributed by atoms with van der Waals surface area (Å²) in [6.07, 6.45) is 7.15. The van der Waals surface area contributed by atoms with Crippen LogP contribution in [0.3, 0.4) is 0 Å². The Morgan fingerprint density at radius 3 is 3.00 bits per heavy atom. The Kier molecular flexibility index (Phi) is 5.49. The van der Waals surface area contributed by atoms with E-state index in [0.29, 0.717) is 11.6 Å². The molecule has 23 heavy (non-hydrogen) atoms. The van der Waals surface area contributed by atoms with Crippen LogP contribution in [0.4, 0.5) is 0 Å². The number of benzene rings is 1. The molecule has 0 amide bonds. The van der Waals surface area contributed by atoms with Gasteiger partial charge in [0.1, 0.15) is 5.75 Å². The van der Waals surface area contributed by atoms with E-state index in [2.05, 4.69) is 11.1 Å². The second-order valence-corrected chi connectivity index (χ2v) is 6.09. The van der Waals surface area contributed by atoms with Gasteiger partial charge in [0.25, 0.3) is 0 Å². The van der Waals surface area contributed by atoms with Crippen molar-refractivity contribution in [3.63, 3.8) is 0 Å². The van der Waals surface area contributed by atoms with Crippen molar-refractivity contribution >= 4 is 11.6 Å². The van der Waals surface area contributed by atoms with Crippen LogP contribution in [0.5, 0.6) is 5.75 Å². The lowest BCUT2D eigenvalue weighted by atomic mass is 10.1. The minimum atomic E-state index is -0.165. The molecule has 0 saturated carbocycles. The number of hydrogen-bond acceptors (Lipinski definition) is 4. The fraction of sp³-hybridized carbons (Fsp3) is 0.389. The number of pyridine rings is 1. The first-order chi connectivity index (χ1) is 11.2. The van der Waals surface area contributed by atoms with Crippen molar-refractivity contribution in [1.82, 2.24) is 4.98 Å². The van der Waals surface area contributed by atoms with Gasteiger partial charge in [-0.15, -0.1) is 0 Å². The zero-order valence-electron chi connectivity index (χ0n) is 12.8. The highest BCUT2D eigenvalue weighted by Crippen LogP contribution is 2.36. The van der Waals surface area contributed by atoms with Crippen LogP contribution in [0, 0.1) is 0 Å². The van der Waals surface area contributed by atoms with Gasteiger partial charge in [-0.2, -0.15) is 0 Å². The zero-order valence-corrected chi connectivity index (χ0v) is 13.6. The number of hydrogen-bond donors (Lipinski definition) is 1. The molecule has 5 heteroatoms. The molecule has 1 fully saturated rings. The molecule has 1 aliphatic heterocycles. The van der Waals surface area contributed by atoms with E-state index in [4.69, 9.17) is 21.1 Å². The highest BCUT2D eigenvalue weighted by atomic mass is 35.5. The van der Waals surface area contributed by atoms with Crippen LogP contribution in [0.25, 0.3) is 0 Å². The van der Waals surface area contributed by atoms with Crippen molar-refractivity contribution in [3.8, 4) is 5.75 Å². The first-order valence-electron chi connectivity index (χ1n) is 7.87. The topological polar surface area (TPSA) is 51.6 Å². The average molecular weight is 334 g/mol. The van der Waals surface area contributed by atoms with E-state index in [9.17, 15) is 5.11 Å². The number of aryl methyl sites for hydroxylation is 1. The molecular formula is C18H20ClNO3. The molecule has 0 spiro atoms. The predicted octanol–water partition coefficient (Wildman–Crippen LogP) is 4.27. The summed E-state index contributed by atoms with van der Waals surface area (Å²) in [6.45, 7) is 0.669. The van der Waals surface area contributed by atoms with Crippen LogP contribution in [-0.4, -0.2) is 23.0 Å². The lowest BCUT2D eigenvalue weighted by Crippen LogP contribution is -2.13. The molecule has 2 aromatic rings. The molecule has 1 aromatic carbocycles. The Morgan fingerprint density at radius 1 is 1.30 bits per heavy atom. The van der Waals surface area contributed by atoms with E-state index in [0.717, 1.165) is 31.2 Å². The summed E-state index contributed by atoms with van der Waals surface area (Å²) in [7, 11) is 0. The van der Waals surface area contributed by atoms with Crippen LogP contribution >= 0.6 is 11.6 Å². The van der Waals surface area contributed by atoms with Gasteiger partial charge in [0, 0.05) is 18.8 Å². The summed E-state index contributed by atoms with van der Waals surface area (Å²) in [5.74, 6) is 0.0941. The fourth-order valence-corrected chi connectivity index (χ4v) is 2.92. The standard InChI is InChI=1S/C18H20ClNO3/c19-15-11-14(5-6-16(15)21)17-7-8-18(23-17)22-10-2-4-13-3-1-9-20-12-13/h1,3,5-6,9,11-12,17-18,21H,2,4,7-8,10H2. The maximum absolute atomic E-state index is 9.47. The van der Waals surface area contributed by atoms with E-state index in [-0.39, 0.29) is 18.1 Å². The molecule has 1 aromatic heterocycles. The molecule has 0 aliphatic carbocycles. The van der Waals surface area contributed by atoms with Gasteiger partial charge in [0.05, 0.1) is 17.7 Å². The first-order valence-corrected chi connectivity index (χ1v) is 8.24. The number of halogens is 1. The SMILES string of the molecule is Oc1ccc(C2CCC(OCCCc3cccnc3)O2)cc1Cl. The molecule has 2 atom stereocenters. The van der Waals surface area contributed by atoms with Gasteiger partial charge in [-0.25, -0.2) is 0 Å². The van der Waals surface area contributed by atoms with Crippen LogP contribution in [0.2, 0.25) is 5.02 Å². The van der Waals surface area contributed by atoms with E-state index < -0.39 is 0 Å². The largest absolute Gasteiger partial charge is 0.506 e. The Bertz CT molecular complexity index is 635. The Labute approximate surface area is 141 Å². The fourth-order valence-electron chi connectivity index (χ4n) is 2.74. The molecule has 2 heterocycles. The number of phenols is 1. The van der Waals surface area contributed by atoms with E-state index in [1.165, 1.54) is 5.56 Å². The number of rotatable bonds is 6.